The molecule has 0 aromatic heterocycles. The van der Waals surface area contributed by atoms with Gasteiger partial charge in [-0.1, -0.05) is 12.1 Å². The van der Waals surface area contributed by atoms with Gasteiger partial charge in [0.25, 0.3) is 5.91 Å². The van der Waals surface area contributed by atoms with Crippen LogP contribution in [0.15, 0.2) is 72.8 Å². The summed E-state index contributed by atoms with van der Waals surface area (Å²) in [5, 5.41) is 17.1. The van der Waals surface area contributed by atoms with Gasteiger partial charge in [0.1, 0.15) is 11.6 Å². The number of carbonyl (C=O) groups is 3. The number of hydrogen-bond acceptors (Lipinski definition) is 5. The molecule has 45 heavy (non-hydrogen) atoms. The lowest BCUT2D eigenvalue weighted by Gasteiger charge is -2.41. The molecule has 0 radical (unpaired) electrons. The molecule has 1 aliphatic heterocycles. The predicted molar refractivity (Wildman–Crippen MR) is 147 cm³/mol. The molecule has 0 bridgehead atoms. The number of nitrogens with one attached hydrogen (secondary N) is 1. The van der Waals surface area contributed by atoms with Crippen molar-refractivity contribution in [1.29, 1.82) is 0 Å². The van der Waals surface area contributed by atoms with Crippen molar-refractivity contribution in [2.24, 2.45) is 0 Å². The highest BCUT2D eigenvalue weighted by atomic mass is 19.4. The number of anilines is 2. The number of benzene rings is 3. The molecule has 1 saturated heterocycles. The third-order valence-electron chi connectivity index (χ3n) is 6.06. The molecular weight excluding hydrogens is 622 g/mol. The second-order valence-electron chi connectivity index (χ2n) is 9.52. The monoisotopic (exact) mass is 649 g/mol. The van der Waals surface area contributed by atoms with Crippen LogP contribution in [0.25, 0.3) is 0 Å². The van der Waals surface area contributed by atoms with Crippen molar-refractivity contribution in [3.05, 3.63) is 95.6 Å². The molecule has 16 heteroatoms. The lowest BCUT2D eigenvalue weighted by atomic mass is 10.1. The molecule has 0 saturated carbocycles. The van der Waals surface area contributed by atoms with Crippen LogP contribution in [0.3, 0.4) is 0 Å². The topological polar surface area (TPSA) is 110 Å². The van der Waals surface area contributed by atoms with Crippen molar-refractivity contribution in [2.75, 3.05) is 29.9 Å². The Balaban J connectivity index is 0.000000421. The van der Waals surface area contributed by atoms with E-state index >= 15 is 0 Å². The van der Waals surface area contributed by atoms with Crippen LogP contribution < -0.4 is 10.2 Å². The third-order valence-corrected chi connectivity index (χ3v) is 6.06. The number of carbonyl (C=O) groups excluding carboxylic acids is 1. The second kappa shape index (κ2) is 15.8. The predicted octanol–water partition coefficient (Wildman–Crippen LogP) is 6.19. The maximum absolute atomic E-state index is 13.4. The van der Waals surface area contributed by atoms with E-state index in [9.17, 15) is 39.9 Å². The number of piperazine rings is 1. The van der Waals surface area contributed by atoms with Gasteiger partial charge in [-0.2, -0.15) is 26.3 Å². The first kappa shape index (κ1) is 36.5. The first-order valence-corrected chi connectivity index (χ1v) is 12.9. The van der Waals surface area contributed by atoms with E-state index in [1.807, 2.05) is 30.3 Å². The van der Waals surface area contributed by atoms with E-state index in [1.54, 1.807) is 12.1 Å². The Kier molecular flexibility index (Phi) is 12.8. The number of hydrogen-bond donors (Lipinski definition) is 3. The molecule has 1 unspecified atom stereocenters. The van der Waals surface area contributed by atoms with E-state index in [1.165, 1.54) is 30.3 Å². The molecule has 3 aromatic rings. The Labute approximate surface area is 251 Å². The normalized spacial score (nSPS) is 15.1. The molecule has 244 valence electrons. The fourth-order valence-electron chi connectivity index (χ4n) is 3.99. The standard InChI is InChI=1S/C25H25F2N3O.2C2HF3O2/c1-18-16-29(17-19-3-2-4-22(27)15-19)13-14-30(18)24-11-9-23(10-12-24)28-25(31)20-5-7-21(26)8-6-20;2*3-2(4,5)1(6)7/h2-12,15,18H,13-14,16-17H2,1H3,(H,28,31);2*(H,6,7). The molecule has 1 atom stereocenters. The second-order valence-corrected chi connectivity index (χ2v) is 9.52. The van der Waals surface area contributed by atoms with E-state index in [0.717, 1.165) is 37.4 Å². The van der Waals surface area contributed by atoms with E-state index in [2.05, 4.69) is 22.0 Å². The Morgan fingerprint density at radius 3 is 1.80 bits per heavy atom. The van der Waals surface area contributed by atoms with Crippen LogP contribution in [0.4, 0.5) is 46.5 Å². The van der Waals surface area contributed by atoms with Gasteiger partial charge in [0, 0.05) is 49.2 Å². The van der Waals surface area contributed by atoms with E-state index in [-0.39, 0.29) is 17.5 Å². The maximum atomic E-state index is 13.4. The average molecular weight is 650 g/mol. The summed E-state index contributed by atoms with van der Waals surface area (Å²) in [6.07, 6.45) is -10.2. The van der Waals surface area contributed by atoms with E-state index in [0.29, 0.717) is 17.3 Å². The molecule has 1 aliphatic rings. The molecule has 0 spiro atoms. The molecule has 8 nitrogen and oxygen atoms in total. The smallest absolute Gasteiger partial charge is 0.475 e. The number of alkyl halides is 6. The summed E-state index contributed by atoms with van der Waals surface area (Å²) in [4.78, 5) is 34.8. The summed E-state index contributed by atoms with van der Waals surface area (Å²) in [6, 6.07) is 20.3. The van der Waals surface area contributed by atoms with Crippen LogP contribution in [0, 0.1) is 11.6 Å². The number of carboxylic acids is 2. The maximum Gasteiger partial charge on any atom is 0.490 e. The highest BCUT2D eigenvalue weighted by Gasteiger charge is 2.38. The first-order chi connectivity index (χ1) is 20.9. The summed E-state index contributed by atoms with van der Waals surface area (Å²) in [6.45, 7) is 5.58. The van der Waals surface area contributed by atoms with Gasteiger partial charge in [0.2, 0.25) is 0 Å². The van der Waals surface area contributed by atoms with Crippen LogP contribution in [0.5, 0.6) is 0 Å². The van der Waals surface area contributed by atoms with Gasteiger partial charge in [-0.25, -0.2) is 18.4 Å². The summed E-state index contributed by atoms with van der Waals surface area (Å²) < 4.78 is 89.9. The lowest BCUT2D eigenvalue weighted by molar-refractivity contribution is -0.193. The van der Waals surface area contributed by atoms with Crippen molar-refractivity contribution < 1.29 is 59.7 Å². The molecule has 0 aliphatic carbocycles. The van der Waals surface area contributed by atoms with Crippen molar-refractivity contribution in [2.45, 2.75) is 31.9 Å². The summed E-state index contributed by atoms with van der Waals surface area (Å²) in [5.41, 5.74) is 3.18. The highest BCUT2D eigenvalue weighted by molar-refractivity contribution is 6.04. The SMILES string of the molecule is CC1CN(Cc2cccc(F)c2)CCN1c1ccc(NC(=O)c2ccc(F)cc2)cc1.O=C(O)C(F)(F)F.O=C(O)C(F)(F)F. The number of carboxylic acid groups (broad SMARTS) is 2. The number of amides is 1. The summed E-state index contributed by atoms with van der Waals surface area (Å²) in [7, 11) is 0. The zero-order valence-electron chi connectivity index (χ0n) is 23.4. The zero-order chi connectivity index (χ0) is 33.9. The molecule has 1 heterocycles. The lowest BCUT2D eigenvalue weighted by Crippen LogP contribution is -2.51. The average Bonchev–Trinajstić information content (AvgIpc) is 2.94. The molecular formula is C29H27F8N3O5. The van der Waals surface area contributed by atoms with Crippen LogP contribution in [-0.4, -0.2) is 71.0 Å². The van der Waals surface area contributed by atoms with Crippen molar-refractivity contribution in [3.8, 4) is 0 Å². The Morgan fingerprint density at radius 1 is 0.800 bits per heavy atom. The quantitative estimate of drug-likeness (QED) is 0.283. The van der Waals surface area contributed by atoms with Crippen molar-refractivity contribution >= 4 is 29.2 Å². The Bertz CT molecular complexity index is 1410. The van der Waals surface area contributed by atoms with Crippen molar-refractivity contribution in [3.63, 3.8) is 0 Å². The van der Waals surface area contributed by atoms with Crippen LogP contribution in [0.1, 0.15) is 22.8 Å². The largest absolute Gasteiger partial charge is 0.490 e. The minimum atomic E-state index is -5.08. The molecule has 3 aromatic carbocycles. The van der Waals surface area contributed by atoms with Gasteiger partial charge in [-0.3, -0.25) is 9.69 Å². The number of aliphatic carboxylic acids is 2. The van der Waals surface area contributed by atoms with Crippen LogP contribution in [-0.2, 0) is 16.1 Å². The molecule has 4 rings (SSSR count). The van der Waals surface area contributed by atoms with E-state index < -0.39 is 24.3 Å². The fourth-order valence-corrected chi connectivity index (χ4v) is 3.99. The first-order valence-electron chi connectivity index (χ1n) is 12.9. The number of rotatable bonds is 5. The highest BCUT2D eigenvalue weighted by Crippen LogP contribution is 2.24. The van der Waals surface area contributed by atoms with Gasteiger partial charge in [-0.05, 0) is 73.2 Å². The van der Waals surface area contributed by atoms with Crippen LogP contribution in [0.2, 0.25) is 0 Å². The molecule has 1 amide bonds. The number of halogens is 8. The summed E-state index contributed by atoms with van der Waals surface area (Å²) >= 11 is 0. The third kappa shape index (κ3) is 12.4. The van der Waals surface area contributed by atoms with Gasteiger partial charge in [0.05, 0.1) is 0 Å². The van der Waals surface area contributed by atoms with Gasteiger partial charge in [-0.15, -0.1) is 0 Å². The Morgan fingerprint density at radius 2 is 1.33 bits per heavy atom. The van der Waals surface area contributed by atoms with Gasteiger partial charge < -0.3 is 20.4 Å². The van der Waals surface area contributed by atoms with Crippen LogP contribution >= 0.6 is 0 Å². The Hall–Kier alpha value is -4.73. The minimum Gasteiger partial charge on any atom is -0.475 e. The molecule has 1 fully saturated rings. The van der Waals surface area contributed by atoms with E-state index in [4.69, 9.17) is 19.8 Å². The molecule has 3 N–H and O–H groups in total. The summed E-state index contributed by atoms with van der Waals surface area (Å²) in [5.74, 6) is -6.35. The minimum absolute atomic E-state index is 0.198. The zero-order valence-corrected chi connectivity index (χ0v) is 23.4. The van der Waals surface area contributed by atoms with Gasteiger partial charge in [0.15, 0.2) is 0 Å². The number of nitrogens with zero attached hydrogens (tertiary/aromatic N) is 2. The van der Waals surface area contributed by atoms with Crippen molar-refractivity contribution in [1.82, 2.24) is 4.90 Å². The fraction of sp³-hybridized carbons (Fsp3) is 0.276. The van der Waals surface area contributed by atoms with Gasteiger partial charge >= 0.3 is 24.3 Å².